The number of hydrogen-bond donors (Lipinski definition) is 1. The Balaban J connectivity index is 2.36. The molecule has 1 N–H and O–H groups in total. The summed E-state index contributed by atoms with van der Waals surface area (Å²) in [4.78, 5) is 2.58. The monoisotopic (exact) mass is 292 g/mol. The van der Waals surface area contributed by atoms with Gasteiger partial charge in [-0.15, -0.1) is 0 Å². The summed E-state index contributed by atoms with van der Waals surface area (Å²) in [6, 6.07) is 4.70. The number of nitrogens with one attached hydrogen (secondary N) is 1. The van der Waals surface area contributed by atoms with Crippen molar-refractivity contribution in [1.29, 1.82) is 0 Å². The number of nitrogens with zero attached hydrogens (tertiary/aromatic N) is 1. The maximum absolute atomic E-state index is 5.49. The van der Waals surface area contributed by atoms with Gasteiger partial charge in [0.15, 0.2) is 11.5 Å². The Morgan fingerprint density at radius 2 is 1.71 bits per heavy atom. The second kappa shape index (κ2) is 7.66. The van der Waals surface area contributed by atoms with Crippen LogP contribution in [-0.4, -0.2) is 38.8 Å². The molecule has 118 valence electrons. The van der Waals surface area contributed by atoms with Crippen molar-refractivity contribution in [2.45, 2.75) is 39.3 Å². The second-order valence-corrected chi connectivity index (χ2v) is 5.59. The number of methoxy groups -OCH3 is 2. The van der Waals surface area contributed by atoms with Crippen molar-refractivity contribution in [2.75, 3.05) is 33.9 Å². The Bertz CT molecular complexity index is 456. The molecule has 1 aliphatic rings. The Hall–Kier alpha value is -1.26. The van der Waals surface area contributed by atoms with Crippen LogP contribution in [0.1, 0.15) is 43.9 Å². The van der Waals surface area contributed by atoms with Crippen molar-refractivity contribution < 1.29 is 9.47 Å². The summed E-state index contributed by atoms with van der Waals surface area (Å²) < 4.78 is 10.9. The summed E-state index contributed by atoms with van der Waals surface area (Å²) in [6.07, 6.45) is 2.36. The Morgan fingerprint density at radius 3 is 2.29 bits per heavy atom. The van der Waals surface area contributed by atoms with Crippen LogP contribution in [0.15, 0.2) is 12.1 Å². The maximum atomic E-state index is 5.49. The molecule has 0 unspecified atom stereocenters. The largest absolute Gasteiger partial charge is 0.493 e. The topological polar surface area (TPSA) is 33.7 Å². The molecule has 1 aromatic rings. The maximum Gasteiger partial charge on any atom is 0.161 e. The third-order valence-electron chi connectivity index (χ3n) is 4.12. The van der Waals surface area contributed by atoms with Crippen LogP contribution in [0, 0.1) is 0 Å². The number of benzene rings is 1. The molecule has 1 heterocycles. The fraction of sp³-hybridized carbons (Fsp3) is 0.647. The summed E-state index contributed by atoms with van der Waals surface area (Å²) in [5, 5.41) is 3.54. The predicted molar refractivity (Wildman–Crippen MR) is 86.1 cm³/mol. The van der Waals surface area contributed by atoms with Crippen molar-refractivity contribution >= 4 is 0 Å². The quantitative estimate of drug-likeness (QED) is 0.838. The highest BCUT2D eigenvalue weighted by Crippen LogP contribution is 2.36. The first-order valence-electron chi connectivity index (χ1n) is 7.94. The van der Waals surface area contributed by atoms with Crippen LogP contribution in [0.25, 0.3) is 0 Å². The molecule has 1 atom stereocenters. The Kier molecular flexibility index (Phi) is 5.88. The lowest BCUT2D eigenvalue weighted by Gasteiger charge is -2.36. The van der Waals surface area contributed by atoms with E-state index in [1.54, 1.807) is 14.2 Å². The van der Waals surface area contributed by atoms with Crippen LogP contribution in [0.4, 0.5) is 0 Å². The van der Waals surface area contributed by atoms with Gasteiger partial charge in [0.2, 0.25) is 0 Å². The Labute approximate surface area is 128 Å². The van der Waals surface area contributed by atoms with Gasteiger partial charge in [0.25, 0.3) is 0 Å². The molecular weight excluding hydrogens is 264 g/mol. The summed E-state index contributed by atoms with van der Waals surface area (Å²) >= 11 is 0. The van der Waals surface area contributed by atoms with Gasteiger partial charge in [0.05, 0.1) is 14.2 Å². The average Bonchev–Trinajstić information content (AvgIpc) is 2.52. The number of fused-ring (bicyclic) bond motifs is 1. The molecule has 0 bridgehead atoms. The zero-order valence-corrected chi connectivity index (χ0v) is 13.7. The van der Waals surface area contributed by atoms with Crippen LogP contribution in [-0.2, 0) is 6.54 Å². The zero-order chi connectivity index (χ0) is 15.2. The van der Waals surface area contributed by atoms with Gasteiger partial charge in [-0.05, 0) is 49.2 Å². The van der Waals surface area contributed by atoms with Crippen molar-refractivity contribution in [3.05, 3.63) is 23.3 Å². The minimum atomic E-state index is 0.424. The molecule has 2 rings (SSSR count). The van der Waals surface area contributed by atoms with Gasteiger partial charge in [-0.25, -0.2) is 0 Å². The average molecular weight is 292 g/mol. The molecule has 0 saturated heterocycles. The van der Waals surface area contributed by atoms with Gasteiger partial charge < -0.3 is 14.8 Å². The first-order chi connectivity index (χ1) is 10.2. The van der Waals surface area contributed by atoms with Gasteiger partial charge in [0.1, 0.15) is 0 Å². The van der Waals surface area contributed by atoms with Crippen LogP contribution in [0.3, 0.4) is 0 Å². The van der Waals surface area contributed by atoms with E-state index in [-0.39, 0.29) is 0 Å². The molecule has 4 heteroatoms. The van der Waals surface area contributed by atoms with E-state index in [1.165, 1.54) is 24.0 Å². The minimum absolute atomic E-state index is 0.424. The third-order valence-corrected chi connectivity index (χ3v) is 4.12. The van der Waals surface area contributed by atoms with E-state index in [2.05, 4.69) is 36.2 Å². The van der Waals surface area contributed by atoms with Gasteiger partial charge in [-0.3, -0.25) is 4.90 Å². The van der Waals surface area contributed by atoms with Crippen LogP contribution < -0.4 is 14.8 Å². The van der Waals surface area contributed by atoms with E-state index in [0.717, 1.165) is 37.7 Å². The van der Waals surface area contributed by atoms with E-state index >= 15 is 0 Å². The van der Waals surface area contributed by atoms with Crippen molar-refractivity contribution in [3.63, 3.8) is 0 Å². The lowest BCUT2D eigenvalue weighted by molar-refractivity contribution is 0.184. The highest BCUT2D eigenvalue weighted by atomic mass is 16.5. The van der Waals surface area contributed by atoms with Crippen molar-refractivity contribution in [1.82, 2.24) is 10.2 Å². The van der Waals surface area contributed by atoms with E-state index < -0.39 is 0 Å². The molecule has 0 radical (unpaired) electrons. The molecule has 0 saturated carbocycles. The number of hydrogen-bond acceptors (Lipinski definition) is 4. The highest BCUT2D eigenvalue weighted by molar-refractivity contribution is 5.49. The summed E-state index contributed by atoms with van der Waals surface area (Å²) in [5.74, 6) is 1.65. The SMILES string of the molecule is CCCN(CCC)[C@@H]1CNCc2cc(OC)c(OC)cc21. The van der Waals surface area contributed by atoms with Gasteiger partial charge in [-0.1, -0.05) is 13.8 Å². The number of ether oxygens (including phenoxy) is 2. The highest BCUT2D eigenvalue weighted by Gasteiger charge is 2.26. The summed E-state index contributed by atoms with van der Waals surface area (Å²) in [7, 11) is 3.40. The van der Waals surface area contributed by atoms with E-state index in [4.69, 9.17) is 9.47 Å². The lowest BCUT2D eigenvalue weighted by Crippen LogP contribution is -2.40. The smallest absolute Gasteiger partial charge is 0.161 e. The lowest BCUT2D eigenvalue weighted by atomic mass is 9.94. The van der Waals surface area contributed by atoms with Crippen LogP contribution in [0.5, 0.6) is 11.5 Å². The molecule has 4 nitrogen and oxygen atoms in total. The third kappa shape index (κ3) is 3.50. The van der Waals surface area contributed by atoms with Crippen LogP contribution >= 0.6 is 0 Å². The predicted octanol–water partition coefficient (Wildman–Crippen LogP) is 2.97. The van der Waals surface area contributed by atoms with E-state index in [0.29, 0.717) is 6.04 Å². The van der Waals surface area contributed by atoms with Gasteiger partial charge in [0, 0.05) is 19.1 Å². The molecule has 1 aliphatic heterocycles. The molecule has 0 aliphatic carbocycles. The fourth-order valence-electron chi connectivity index (χ4n) is 3.18. The molecule has 0 amide bonds. The van der Waals surface area contributed by atoms with E-state index in [1.807, 2.05) is 0 Å². The van der Waals surface area contributed by atoms with Crippen molar-refractivity contribution in [2.24, 2.45) is 0 Å². The summed E-state index contributed by atoms with van der Waals surface area (Å²) in [5.41, 5.74) is 2.70. The minimum Gasteiger partial charge on any atom is -0.493 e. The molecule has 0 spiro atoms. The normalized spacial score (nSPS) is 17.7. The Morgan fingerprint density at radius 1 is 1.10 bits per heavy atom. The molecule has 0 fully saturated rings. The molecule has 1 aromatic carbocycles. The first-order valence-corrected chi connectivity index (χ1v) is 7.94. The zero-order valence-electron chi connectivity index (χ0n) is 13.7. The fourth-order valence-corrected chi connectivity index (χ4v) is 3.18. The summed E-state index contributed by atoms with van der Waals surface area (Å²) in [6.45, 7) is 8.66. The van der Waals surface area contributed by atoms with Gasteiger partial charge >= 0.3 is 0 Å². The second-order valence-electron chi connectivity index (χ2n) is 5.59. The molecular formula is C17H28N2O2. The molecule has 21 heavy (non-hydrogen) atoms. The number of rotatable bonds is 7. The molecule has 0 aromatic heterocycles. The van der Waals surface area contributed by atoms with E-state index in [9.17, 15) is 0 Å². The van der Waals surface area contributed by atoms with Crippen LogP contribution in [0.2, 0.25) is 0 Å². The standard InChI is InChI=1S/C17H28N2O2/c1-5-7-19(8-6-2)15-12-18-11-13-9-16(20-3)17(21-4)10-14(13)15/h9-10,15,18H,5-8,11-12H2,1-4H3/t15-/m1/s1. The van der Waals surface area contributed by atoms with Crippen molar-refractivity contribution in [3.8, 4) is 11.5 Å². The first kappa shape index (κ1) is 16.1. The van der Waals surface area contributed by atoms with Gasteiger partial charge in [-0.2, -0.15) is 0 Å².